The predicted octanol–water partition coefficient (Wildman–Crippen LogP) is 1.26. The molecule has 1 fully saturated rings. The van der Waals surface area contributed by atoms with Crippen molar-refractivity contribution < 1.29 is 4.39 Å². The third-order valence-corrected chi connectivity index (χ3v) is 4.79. The summed E-state index contributed by atoms with van der Waals surface area (Å²) in [5.41, 5.74) is 3.63. The van der Waals surface area contributed by atoms with Gasteiger partial charge in [-0.05, 0) is 25.5 Å². The molecule has 0 radical (unpaired) electrons. The number of anilines is 1. The Kier molecular flexibility index (Phi) is 4.37. The van der Waals surface area contributed by atoms with Crippen molar-refractivity contribution >= 4 is 5.95 Å². The summed E-state index contributed by atoms with van der Waals surface area (Å²) in [6.07, 6.45) is 5.83. The molecule has 0 aromatic carbocycles. The van der Waals surface area contributed by atoms with Crippen LogP contribution in [-0.2, 0) is 6.54 Å². The molecule has 0 spiro atoms. The minimum absolute atomic E-state index is 0.407. The highest BCUT2D eigenvalue weighted by Gasteiger charge is 2.21. The van der Waals surface area contributed by atoms with Crippen molar-refractivity contribution in [3.8, 4) is 0 Å². The number of hydrogen-bond donors (Lipinski definition) is 0. The molecule has 1 aliphatic rings. The van der Waals surface area contributed by atoms with Gasteiger partial charge in [-0.3, -0.25) is 9.58 Å². The van der Waals surface area contributed by atoms with E-state index in [1.807, 2.05) is 4.68 Å². The summed E-state index contributed by atoms with van der Waals surface area (Å²) in [7, 11) is 0. The second kappa shape index (κ2) is 6.83. The van der Waals surface area contributed by atoms with E-state index in [9.17, 15) is 4.39 Å². The van der Waals surface area contributed by atoms with Crippen LogP contribution in [0.25, 0.3) is 0 Å². The van der Waals surface area contributed by atoms with Crippen molar-refractivity contribution in [2.45, 2.75) is 20.4 Å². The molecule has 0 unspecified atom stereocenters. The molecule has 8 nitrogen and oxygen atoms in total. The maximum atomic E-state index is 13.0. The summed E-state index contributed by atoms with van der Waals surface area (Å²) in [5, 5.41) is 7.78. The summed E-state index contributed by atoms with van der Waals surface area (Å²) in [6.45, 7) is 8.57. The lowest BCUT2D eigenvalue weighted by Gasteiger charge is -2.34. The number of aryl methyl sites for hydroxylation is 1. The number of hydrogen-bond acceptors (Lipinski definition) is 6. The van der Waals surface area contributed by atoms with Crippen molar-refractivity contribution in [3.05, 3.63) is 53.9 Å². The molecule has 0 aliphatic carbocycles. The summed E-state index contributed by atoms with van der Waals surface area (Å²) in [6, 6.07) is 2.21. The molecular formula is C17H21FN8. The highest BCUT2D eigenvalue weighted by molar-refractivity contribution is 5.30. The van der Waals surface area contributed by atoms with E-state index in [4.69, 9.17) is 0 Å². The highest BCUT2D eigenvalue weighted by Crippen LogP contribution is 2.19. The molecule has 4 heterocycles. The predicted molar refractivity (Wildman–Crippen MR) is 94.2 cm³/mol. The van der Waals surface area contributed by atoms with Gasteiger partial charge in [-0.15, -0.1) is 10.2 Å². The maximum absolute atomic E-state index is 13.0. The van der Waals surface area contributed by atoms with Gasteiger partial charge in [-0.1, -0.05) is 0 Å². The molecule has 0 saturated carbocycles. The molecule has 1 saturated heterocycles. The van der Waals surface area contributed by atoms with Crippen LogP contribution in [0.15, 0.2) is 31.1 Å². The Balaban J connectivity index is 1.42. The van der Waals surface area contributed by atoms with Crippen molar-refractivity contribution in [1.82, 2.24) is 34.4 Å². The van der Waals surface area contributed by atoms with E-state index in [-0.39, 0.29) is 0 Å². The lowest BCUT2D eigenvalue weighted by atomic mass is 10.2. The zero-order valence-corrected chi connectivity index (χ0v) is 14.9. The lowest BCUT2D eigenvalue weighted by molar-refractivity contribution is 0.248. The summed E-state index contributed by atoms with van der Waals surface area (Å²) < 4.78 is 17.0. The molecule has 0 bridgehead atoms. The summed E-state index contributed by atoms with van der Waals surface area (Å²) in [4.78, 5) is 12.7. The van der Waals surface area contributed by atoms with E-state index < -0.39 is 5.82 Å². The number of piperazine rings is 1. The fourth-order valence-corrected chi connectivity index (χ4v) is 3.45. The third kappa shape index (κ3) is 3.17. The highest BCUT2D eigenvalue weighted by atomic mass is 19.1. The number of nitrogens with zero attached hydrogens (tertiary/aromatic N) is 8. The molecule has 4 rings (SSSR count). The normalized spacial score (nSPS) is 15.6. The number of rotatable bonds is 4. The van der Waals surface area contributed by atoms with Crippen molar-refractivity contribution in [2.24, 2.45) is 0 Å². The standard InChI is InChI=1S/C17H21FN8/c1-13-7-15(14(2)26(13)25-11-21-22-12-25)10-23-3-5-24(6-4-23)17-19-8-16(18)9-20-17/h7-9,11-12H,3-6,10H2,1-2H3. The van der Waals surface area contributed by atoms with Gasteiger partial charge < -0.3 is 4.90 Å². The Morgan fingerprint density at radius 2 is 1.65 bits per heavy atom. The smallest absolute Gasteiger partial charge is 0.225 e. The van der Waals surface area contributed by atoms with E-state index >= 15 is 0 Å². The average molecular weight is 356 g/mol. The molecule has 3 aromatic heterocycles. The van der Waals surface area contributed by atoms with E-state index in [0.29, 0.717) is 5.95 Å². The third-order valence-electron chi connectivity index (χ3n) is 4.79. The van der Waals surface area contributed by atoms with Crippen molar-refractivity contribution in [1.29, 1.82) is 0 Å². The SMILES string of the molecule is Cc1cc(CN2CCN(c3ncc(F)cn3)CC2)c(C)n1-n1cnnc1. The van der Waals surface area contributed by atoms with Gasteiger partial charge in [0.15, 0.2) is 5.82 Å². The van der Waals surface area contributed by atoms with E-state index in [0.717, 1.165) is 38.4 Å². The van der Waals surface area contributed by atoms with Gasteiger partial charge in [0.05, 0.1) is 12.4 Å². The first kappa shape index (κ1) is 16.6. The quantitative estimate of drug-likeness (QED) is 0.701. The molecule has 26 heavy (non-hydrogen) atoms. The molecule has 136 valence electrons. The molecule has 1 aliphatic heterocycles. The Morgan fingerprint density at radius 1 is 1.00 bits per heavy atom. The van der Waals surface area contributed by atoms with Gasteiger partial charge in [-0.25, -0.2) is 19.0 Å². The number of aromatic nitrogens is 6. The number of halogens is 1. The zero-order chi connectivity index (χ0) is 18.1. The van der Waals surface area contributed by atoms with Gasteiger partial charge in [0.1, 0.15) is 12.7 Å². The van der Waals surface area contributed by atoms with Gasteiger partial charge in [0.25, 0.3) is 0 Å². The first-order valence-corrected chi connectivity index (χ1v) is 8.60. The monoisotopic (exact) mass is 356 g/mol. The maximum Gasteiger partial charge on any atom is 0.225 e. The van der Waals surface area contributed by atoms with Crippen LogP contribution in [0.5, 0.6) is 0 Å². The topological polar surface area (TPSA) is 67.9 Å². The Labute approximate surface area is 150 Å². The van der Waals surface area contributed by atoms with Crippen LogP contribution in [0.4, 0.5) is 10.3 Å². The second-order valence-corrected chi connectivity index (χ2v) is 6.51. The van der Waals surface area contributed by atoms with Gasteiger partial charge in [0.2, 0.25) is 5.95 Å². The largest absolute Gasteiger partial charge is 0.338 e. The molecule has 3 aromatic rings. The molecule has 9 heteroatoms. The van der Waals surface area contributed by atoms with E-state index in [1.165, 1.54) is 23.7 Å². The van der Waals surface area contributed by atoms with Crippen molar-refractivity contribution in [3.63, 3.8) is 0 Å². The minimum Gasteiger partial charge on any atom is -0.338 e. The van der Waals surface area contributed by atoms with Crippen LogP contribution >= 0.6 is 0 Å². The first-order valence-electron chi connectivity index (χ1n) is 8.60. The van der Waals surface area contributed by atoms with Crippen LogP contribution in [0.2, 0.25) is 0 Å². The molecule has 0 amide bonds. The Hall–Kier alpha value is -2.81. The van der Waals surface area contributed by atoms with Crippen LogP contribution in [0, 0.1) is 19.7 Å². The van der Waals surface area contributed by atoms with Gasteiger partial charge in [-0.2, -0.15) is 0 Å². The van der Waals surface area contributed by atoms with Crippen LogP contribution in [0.3, 0.4) is 0 Å². The summed E-state index contributed by atoms with van der Waals surface area (Å²) >= 11 is 0. The van der Waals surface area contributed by atoms with E-state index in [1.54, 1.807) is 12.7 Å². The Bertz CT molecular complexity index is 863. The van der Waals surface area contributed by atoms with Gasteiger partial charge >= 0.3 is 0 Å². The minimum atomic E-state index is -0.407. The molecule has 0 atom stereocenters. The van der Waals surface area contributed by atoms with Crippen molar-refractivity contribution in [2.75, 3.05) is 31.1 Å². The van der Waals surface area contributed by atoms with Crippen LogP contribution < -0.4 is 4.90 Å². The van der Waals surface area contributed by atoms with Gasteiger partial charge in [0, 0.05) is 44.1 Å². The zero-order valence-electron chi connectivity index (χ0n) is 14.9. The van der Waals surface area contributed by atoms with E-state index in [2.05, 4.69) is 54.6 Å². The fraction of sp³-hybridized carbons (Fsp3) is 0.412. The second-order valence-electron chi connectivity index (χ2n) is 6.51. The fourth-order valence-electron chi connectivity index (χ4n) is 3.45. The Morgan fingerprint density at radius 3 is 2.31 bits per heavy atom. The average Bonchev–Trinajstić information content (AvgIpc) is 3.25. The lowest BCUT2D eigenvalue weighted by Crippen LogP contribution is -2.46. The van der Waals surface area contributed by atoms with Crippen LogP contribution in [0.1, 0.15) is 17.0 Å². The molecule has 0 N–H and O–H groups in total. The first-order chi connectivity index (χ1) is 12.6. The summed E-state index contributed by atoms with van der Waals surface area (Å²) in [5.74, 6) is 0.188. The van der Waals surface area contributed by atoms with Crippen LogP contribution in [-0.4, -0.2) is 60.6 Å². The molecular weight excluding hydrogens is 335 g/mol.